The van der Waals surface area contributed by atoms with Crippen molar-refractivity contribution in [3.05, 3.63) is 106 Å². The van der Waals surface area contributed by atoms with E-state index in [2.05, 4.69) is 15.6 Å². The first-order chi connectivity index (χ1) is 22.0. The van der Waals surface area contributed by atoms with Gasteiger partial charge in [-0.15, -0.1) is 0 Å². The molecule has 1 atom stereocenters. The van der Waals surface area contributed by atoms with E-state index in [0.29, 0.717) is 36.2 Å². The van der Waals surface area contributed by atoms with Crippen molar-refractivity contribution < 1.29 is 23.5 Å². The lowest BCUT2D eigenvalue weighted by atomic mass is 9.88. The Morgan fingerprint density at radius 3 is 2.57 bits per heavy atom. The molecular formula is C37H41FN4O4. The topological polar surface area (TPSA) is 105 Å². The van der Waals surface area contributed by atoms with Crippen molar-refractivity contribution >= 4 is 39.6 Å². The van der Waals surface area contributed by atoms with Gasteiger partial charge >= 0.3 is 6.09 Å². The second-order valence-electron chi connectivity index (χ2n) is 12.4. The van der Waals surface area contributed by atoms with Crippen LogP contribution in [0.3, 0.4) is 0 Å². The average Bonchev–Trinajstić information content (AvgIpc) is 3.59. The van der Waals surface area contributed by atoms with Crippen LogP contribution < -0.4 is 10.6 Å². The fourth-order valence-corrected chi connectivity index (χ4v) is 5.94. The van der Waals surface area contributed by atoms with Crippen molar-refractivity contribution in [1.29, 1.82) is 0 Å². The van der Waals surface area contributed by atoms with Gasteiger partial charge in [0.05, 0.1) is 5.52 Å². The fourth-order valence-electron chi connectivity index (χ4n) is 5.94. The Kier molecular flexibility index (Phi) is 9.44. The zero-order chi connectivity index (χ0) is 33.2. The first-order valence-corrected chi connectivity index (χ1v) is 15.6. The number of halogens is 1. The van der Waals surface area contributed by atoms with E-state index < -0.39 is 11.7 Å². The van der Waals surface area contributed by atoms with Crippen LogP contribution in [0.5, 0.6) is 0 Å². The van der Waals surface area contributed by atoms with Crippen LogP contribution in [-0.2, 0) is 11.2 Å². The van der Waals surface area contributed by atoms with E-state index in [1.165, 1.54) is 10.6 Å². The minimum atomic E-state index is -0.514. The number of aryl methyl sites for hydroxylation is 1. The predicted molar refractivity (Wildman–Crippen MR) is 179 cm³/mol. The first kappa shape index (κ1) is 32.6. The molecule has 1 amide bonds. The maximum absolute atomic E-state index is 13.6. The molecule has 8 nitrogen and oxygen atoms in total. The predicted octanol–water partition coefficient (Wildman–Crippen LogP) is 7.27. The smallest absolute Gasteiger partial charge is 0.419 e. The number of carbonyl (C=O) groups is 3. The molecule has 2 aromatic heterocycles. The number of fused-ring (bicyclic) bond motifs is 1. The van der Waals surface area contributed by atoms with Crippen LogP contribution >= 0.6 is 0 Å². The van der Waals surface area contributed by atoms with E-state index in [4.69, 9.17) is 4.74 Å². The molecule has 0 spiro atoms. The molecule has 0 aliphatic carbocycles. The largest absolute Gasteiger partial charge is 0.443 e. The van der Waals surface area contributed by atoms with Crippen molar-refractivity contribution in [2.75, 3.05) is 20.1 Å². The van der Waals surface area contributed by atoms with Crippen LogP contribution in [0.2, 0.25) is 0 Å². The van der Waals surface area contributed by atoms with E-state index in [1.807, 2.05) is 70.4 Å². The number of benzene rings is 3. The maximum Gasteiger partial charge on any atom is 0.419 e. The molecule has 3 heterocycles. The Hall–Kier alpha value is -4.76. The SMILES string of the molecule is CCC(C)(C)OC(=O)n1cc2c3c(cccc31)C(=O)NCC2.CNCC(c1ccc(F)c(C)c1)c1c[nH]c2cccc(C(C)=O)c12. The van der Waals surface area contributed by atoms with Crippen molar-refractivity contribution in [2.45, 2.75) is 59.0 Å². The molecule has 9 heteroatoms. The highest BCUT2D eigenvalue weighted by molar-refractivity contribution is 6.10. The first-order valence-electron chi connectivity index (χ1n) is 15.6. The summed E-state index contributed by atoms with van der Waals surface area (Å²) in [5, 5.41) is 7.88. The molecule has 0 fully saturated rings. The number of amides is 1. The molecule has 6 rings (SSSR count). The van der Waals surface area contributed by atoms with Gasteiger partial charge in [0.1, 0.15) is 11.4 Å². The number of likely N-dealkylation sites (N-methyl/N-ethyl adjacent to an activating group) is 1. The Morgan fingerprint density at radius 1 is 1.11 bits per heavy atom. The molecule has 0 saturated heterocycles. The molecule has 5 aromatic rings. The molecule has 0 bridgehead atoms. The highest BCUT2D eigenvalue weighted by Crippen LogP contribution is 2.34. The van der Waals surface area contributed by atoms with Gasteiger partial charge in [-0.3, -0.25) is 14.2 Å². The summed E-state index contributed by atoms with van der Waals surface area (Å²) in [6, 6.07) is 16.3. The van der Waals surface area contributed by atoms with E-state index in [9.17, 15) is 18.8 Å². The number of hydrogen-bond donors (Lipinski definition) is 3. The van der Waals surface area contributed by atoms with Crippen molar-refractivity contribution in [3.63, 3.8) is 0 Å². The molecule has 1 unspecified atom stereocenters. The third kappa shape index (κ3) is 6.46. The van der Waals surface area contributed by atoms with Gasteiger partial charge < -0.3 is 20.4 Å². The summed E-state index contributed by atoms with van der Waals surface area (Å²) in [6.07, 6.45) is 4.79. The number of ketones is 1. The van der Waals surface area contributed by atoms with Gasteiger partial charge in [-0.05, 0) is 94.1 Å². The summed E-state index contributed by atoms with van der Waals surface area (Å²) in [6.45, 7) is 10.4. The number of ether oxygens (including phenoxy) is 1. The normalized spacial score (nSPS) is 13.5. The van der Waals surface area contributed by atoms with Crippen LogP contribution in [0, 0.1) is 12.7 Å². The Bertz CT molecular complexity index is 1940. The molecule has 1 aliphatic rings. The van der Waals surface area contributed by atoms with Gasteiger partial charge in [0.25, 0.3) is 5.91 Å². The zero-order valence-corrected chi connectivity index (χ0v) is 27.2. The number of nitrogens with one attached hydrogen (secondary N) is 3. The minimum absolute atomic E-state index is 0.0311. The highest BCUT2D eigenvalue weighted by Gasteiger charge is 2.26. The molecule has 3 aromatic carbocycles. The van der Waals surface area contributed by atoms with E-state index in [0.717, 1.165) is 44.9 Å². The number of nitrogens with zero attached hydrogens (tertiary/aromatic N) is 1. The van der Waals surface area contributed by atoms with Gasteiger partial charge in [0, 0.05) is 58.8 Å². The number of rotatable bonds is 7. The van der Waals surface area contributed by atoms with Crippen LogP contribution in [0.1, 0.15) is 83.0 Å². The molecule has 1 aliphatic heterocycles. The van der Waals surface area contributed by atoms with Crippen LogP contribution in [0.15, 0.2) is 67.0 Å². The number of Topliss-reactive ketones (excluding diaryl/α,β-unsaturated/α-hetero) is 1. The van der Waals surface area contributed by atoms with Gasteiger partial charge in [-0.1, -0.05) is 37.3 Å². The van der Waals surface area contributed by atoms with Crippen LogP contribution in [0.25, 0.3) is 21.8 Å². The zero-order valence-electron chi connectivity index (χ0n) is 27.2. The molecule has 3 N–H and O–H groups in total. The number of hydrogen-bond acceptors (Lipinski definition) is 5. The monoisotopic (exact) mass is 624 g/mol. The van der Waals surface area contributed by atoms with Gasteiger partial charge in [-0.25, -0.2) is 9.18 Å². The van der Waals surface area contributed by atoms with Crippen LogP contribution in [0.4, 0.5) is 9.18 Å². The average molecular weight is 625 g/mol. The lowest BCUT2D eigenvalue weighted by Gasteiger charge is -2.23. The second kappa shape index (κ2) is 13.3. The molecule has 240 valence electrons. The second-order valence-corrected chi connectivity index (χ2v) is 12.4. The lowest BCUT2D eigenvalue weighted by molar-refractivity contribution is 0.0378. The summed E-state index contributed by atoms with van der Waals surface area (Å²) in [4.78, 5) is 39.9. The number of aromatic nitrogens is 2. The minimum Gasteiger partial charge on any atom is -0.443 e. The number of carbonyl (C=O) groups excluding carboxylic acids is 3. The maximum atomic E-state index is 13.6. The van der Waals surface area contributed by atoms with Crippen molar-refractivity contribution in [1.82, 2.24) is 20.2 Å². The highest BCUT2D eigenvalue weighted by atomic mass is 19.1. The summed E-state index contributed by atoms with van der Waals surface area (Å²) in [5.41, 5.74) is 6.18. The Morgan fingerprint density at radius 2 is 1.87 bits per heavy atom. The summed E-state index contributed by atoms with van der Waals surface area (Å²) in [5.74, 6) is -0.224. The quantitative estimate of drug-likeness (QED) is 0.165. The molecular weight excluding hydrogens is 583 g/mol. The summed E-state index contributed by atoms with van der Waals surface area (Å²) >= 11 is 0. The number of H-pyrrole nitrogens is 1. The third-order valence-electron chi connectivity index (χ3n) is 8.73. The third-order valence-corrected chi connectivity index (χ3v) is 8.73. The van der Waals surface area contributed by atoms with E-state index in [-0.39, 0.29) is 23.4 Å². The van der Waals surface area contributed by atoms with Crippen molar-refractivity contribution in [2.24, 2.45) is 0 Å². The van der Waals surface area contributed by atoms with Gasteiger partial charge in [0.2, 0.25) is 0 Å². The van der Waals surface area contributed by atoms with Gasteiger partial charge in [0.15, 0.2) is 5.78 Å². The molecule has 0 radical (unpaired) electrons. The Balaban J connectivity index is 0.000000182. The van der Waals surface area contributed by atoms with Crippen LogP contribution in [-0.4, -0.2) is 53.1 Å². The standard InChI is InChI=1S/C20H21FN2O.C17H20N2O3/c1-12-9-14(7-8-18(12)21)16(10-22-3)17-11-23-19-6-4-5-15(13(2)24)20(17)19;1-4-17(2,3)22-16(21)19-10-11-8-9-18-15(20)12-6-5-7-13(19)14(11)12/h4-9,11,16,22-23H,10H2,1-3H3;5-7,10H,4,8-9H2,1-3H3,(H,18,20). The van der Waals surface area contributed by atoms with E-state index >= 15 is 0 Å². The number of aromatic amines is 1. The van der Waals surface area contributed by atoms with E-state index in [1.54, 1.807) is 32.2 Å². The summed E-state index contributed by atoms with van der Waals surface area (Å²) in [7, 11) is 1.89. The fraction of sp³-hybridized carbons (Fsp3) is 0.324. The molecule has 46 heavy (non-hydrogen) atoms. The van der Waals surface area contributed by atoms with Crippen molar-refractivity contribution in [3.8, 4) is 0 Å². The lowest BCUT2D eigenvalue weighted by Crippen LogP contribution is -2.29. The summed E-state index contributed by atoms with van der Waals surface area (Å²) < 4.78 is 20.7. The van der Waals surface area contributed by atoms with Gasteiger partial charge in [-0.2, -0.15) is 0 Å². The Labute approximate surface area is 268 Å². The molecule has 0 saturated carbocycles.